The lowest BCUT2D eigenvalue weighted by molar-refractivity contribution is -0.156. The van der Waals surface area contributed by atoms with E-state index in [1.165, 1.54) is 9.47 Å². The first-order valence-electron chi connectivity index (χ1n) is 16.3. The molecule has 0 radical (unpaired) electrons. The maximum absolute atomic E-state index is 14.4. The summed E-state index contributed by atoms with van der Waals surface area (Å²) in [7, 11) is 0. The van der Waals surface area contributed by atoms with E-state index in [0.29, 0.717) is 16.5 Å². The van der Waals surface area contributed by atoms with Gasteiger partial charge < -0.3 is 24.6 Å². The lowest BCUT2D eigenvalue weighted by Gasteiger charge is -2.35. The summed E-state index contributed by atoms with van der Waals surface area (Å²) in [5, 5.41) is 13.5. The van der Waals surface area contributed by atoms with Crippen LogP contribution < -0.4 is 5.32 Å². The van der Waals surface area contributed by atoms with Crippen molar-refractivity contribution in [2.75, 3.05) is 6.61 Å². The van der Waals surface area contributed by atoms with Gasteiger partial charge in [0.2, 0.25) is 5.91 Å². The molecule has 11 nitrogen and oxygen atoms in total. The molecule has 3 atom stereocenters. The third-order valence-electron chi connectivity index (χ3n) is 9.01. The van der Waals surface area contributed by atoms with E-state index < -0.39 is 53.6 Å². The molecule has 2 amide bonds. The highest BCUT2D eigenvalue weighted by molar-refractivity contribution is 5.94. The molecular weight excluding hydrogens is 626 g/mol. The van der Waals surface area contributed by atoms with Crippen molar-refractivity contribution in [2.24, 2.45) is 0 Å². The number of carbonyl (C=O) groups excluding carboxylic acids is 3. The van der Waals surface area contributed by atoms with Gasteiger partial charge in [-0.2, -0.15) is 0 Å². The van der Waals surface area contributed by atoms with Gasteiger partial charge in [0, 0.05) is 23.9 Å². The zero-order valence-electron chi connectivity index (χ0n) is 28.4. The number of benzene rings is 3. The van der Waals surface area contributed by atoms with Crippen molar-refractivity contribution in [3.63, 3.8) is 0 Å². The normalized spacial score (nSPS) is 18.9. The maximum atomic E-state index is 14.4. The fourth-order valence-corrected chi connectivity index (χ4v) is 7.08. The van der Waals surface area contributed by atoms with Crippen molar-refractivity contribution in [2.45, 2.75) is 83.4 Å². The molecule has 256 valence electrons. The van der Waals surface area contributed by atoms with Gasteiger partial charge in [0.15, 0.2) is 6.04 Å². The van der Waals surface area contributed by atoms with Crippen LogP contribution in [0, 0.1) is 0 Å². The van der Waals surface area contributed by atoms with E-state index >= 15 is 0 Å². The lowest BCUT2D eigenvalue weighted by atomic mass is 9.98. The van der Waals surface area contributed by atoms with Crippen LogP contribution in [0.4, 0.5) is 9.59 Å². The van der Waals surface area contributed by atoms with Gasteiger partial charge in [-0.3, -0.25) is 14.3 Å². The topological polar surface area (TPSA) is 136 Å². The van der Waals surface area contributed by atoms with Crippen molar-refractivity contribution in [3.8, 4) is 11.1 Å². The second-order valence-electron chi connectivity index (χ2n) is 14.0. The number of nitrogens with zero attached hydrogens (tertiary/aromatic N) is 2. The fourth-order valence-electron chi connectivity index (χ4n) is 7.08. The monoisotopic (exact) mass is 667 g/mol. The number of amides is 2. The maximum Gasteiger partial charge on any atom is 0.419 e. The number of para-hydroxylation sites is 1. The largest absolute Gasteiger partial charge is 0.480 e. The van der Waals surface area contributed by atoms with Gasteiger partial charge in [0.1, 0.15) is 24.0 Å². The van der Waals surface area contributed by atoms with Crippen molar-refractivity contribution < 1.29 is 38.5 Å². The second-order valence-corrected chi connectivity index (χ2v) is 14.0. The highest BCUT2D eigenvalue weighted by Gasteiger charge is 2.53. The number of carboxylic acid groups (broad SMARTS) is 1. The first-order valence-corrected chi connectivity index (χ1v) is 16.3. The van der Waals surface area contributed by atoms with Gasteiger partial charge in [0.25, 0.3) is 0 Å². The predicted molar refractivity (Wildman–Crippen MR) is 182 cm³/mol. The van der Waals surface area contributed by atoms with Gasteiger partial charge in [0.05, 0.1) is 11.6 Å². The Bertz CT molecular complexity index is 1890. The van der Waals surface area contributed by atoms with E-state index in [2.05, 4.69) is 5.32 Å². The Labute approximate surface area is 284 Å². The van der Waals surface area contributed by atoms with Crippen LogP contribution in [0.25, 0.3) is 22.0 Å². The Morgan fingerprint density at radius 3 is 2.14 bits per heavy atom. The third kappa shape index (κ3) is 6.50. The summed E-state index contributed by atoms with van der Waals surface area (Å²) in [5.41, 5.74) is 3.31. The number of carbonyl (C=O) groups is 4. The lowest BCUT2D eigenvalue weighted by Crippen LogP contribution is -2.58. The van der Waals surface area contributed by atoms with Crippen LogP contribution in [-0.2, 0) is 30.2 Å². The van der Waals surface area contributed by atoms with Crippen LogP contribution in [0.15, 0.2) is 79.0 Å². The number of hydrogen-bond donors (Lipinski definition) is 2. The summed E-state index contributed by atoms with van der Waals surface area (Å²) in [5.74, 6) is -2.10. The number of aliphatic carboxylic acids is 1. The Balaban J connectivity index is 1.31. The van der Waals surface area contributed by atoms with Gasteiger partial charge in [-0.05, 0) is 75.4 Å². The highest BCUT2D eigenvalue weighted by atomic mass is 16.6. The van der Waals surface area contributed by atoms with Crippen LogP contribution in [0.1, 0.15) is 64.2 Å². The van der Waals surface area contributed by atoms with Gasteiger partial charge in [-0.1, -0.05) is 66.7 Å². The summed E-state index contributed by atoms with van der Waals surface area (Å²) in [4.78, 5) is 54.8. The number of fused-ring (bicyclic) bond motifs is 4. The van der Waals surface area contributed by atoms with Crippen molar-refractivity contribution in [3.05, 3.63) is 95.7 Å². The molecule has 1 fully saturated rings. The number of nitrogens with one attached hydrogen (secondary N) is 1. The van der Waals surface area contributed by atoms with Crippen LogP contribution in [0.2, 0.25) is 0 Å². The predicted octanol–water partition coefficient (Wildman–Crippen LogP) is 6.31. The molecule has 3 aromatic carbocycles. The summed E-state index contributed by atoms with van der Waals surface area (Å²) >= 11 is 0. The number of hydrogen-bond acceptors (Lipinski definition) is 7. The molecule has 1 aliphatic heterocycles. The molecule has 2 heterocycles. The first-order chi connectivity index (χ1) is 23.2. The zero-order valence-corrected chi connectivity index (χ0v) is 28.4. The van der Waals surface area contributed by atoms with Gasteiger partial charge >= 0.3 is 18.2 Å². The average molecular weight is 668 g/mol. The van der Waals surface area contributed by atoms with E-state index in [9.17, 15) is 24.3 Å². The molecule has 11 heteroatoms. The molecule has 3 unspecified atom stereocenters. The average Bonchev–Trinajstić information content (AvgIpc) is 3.64. The Morgan fingerprint density at radius 2 is 1.53 bits per heavy atom. The van der Waals surface area contributed by atoms with E-state index in [4.69, 9.17) is 14.2 Å². The minimum Gasteiger partial charge on any atom is -0.480 e. The molecule has 4 aromatic rings. The van der Waals surface area contributed by atoms with Crippen LogP contribution >= 0.6 is 0 Å². The van der Waals surface area contributed by atoms with E-state index in [1.807, 2.05) is 54.6 Å². The van der Waals surface area contributed by atoms with Crippen LogP contribution in [0.5, 0.6) is 0 Å². The minimum atomic E-state index is -1.29. The standard InChI is InChI=1S/C38H41N3O8/c1-22-32(34(43)44)41(38(5,6)48-22)33(42)30(19-23-20-40(36(46)49-37(2,3)4)31-18-12-11-13-24(23)31)39-35(45)47-21-29-27-16-9-7-14-25(27)26-15-8-10-17-28(26)29/h7-18,20,22,29-30,32H,19,21H2,1-6H3,(H,39,45)(H,43,44). The fraction of sp³-hybridized carbons (Fsp3) is 0.368. The molecule has 49 heavy (non-hydrogen) atoms. The number of alkyl carbamates (subject to hydrolysis) is 1. The zero-order chi connectivity index (χ0) is 35.2. The second kappa shape index (κ2) is 12.7. The number of aromatic nitrogens is 1. The number of rotatable bonds is 7. The summed E-state index contributed by atoms with van der Waals surface area (Å²) in [6.07, 6.45) is -0.737. The molecular formula is C38H41N3O8. The van der Waals surface area contributed by atoms with Crippen molar-refractivity contribution in [1.82, 2.24) is 14.8 Å². The quantitative estimate of drug-likeness (QED) is 0.234. The van der Waals surface area contributed by atoms with Gasteiger partial charge in [-0.15, -0.1) is 0 Å². The smallest absolute Gasteiger partial charge is 0.419 e. The summed E-state index contributed by atoms with van der Waals surface area (Å²) in [6.45, 7) is 10.1. The van der Waals surface area contributed by atoms with E-state index in [1.54, 1.807) is 65.9 Å². The third-order valence-corrected chi connectivity index (χ3v) is 9.01. The molecule has 1 saturated heterocycles. The Morgan fingerprint density at radius 1 is 0.939 bits per heavy atom. The molecule has 1 aromatic heterocycles. The van der Waals surface area contributed by atoms with Crippen LogP contribution in [-0.4, -0.2) is 74.8 Å². The molecule has 0 bridgehead atoms. The molecule has 0 spiro atoms. The number of ether oxygens (including phenoxy) is 3. The SMILES string of the molecule is CC1OC(C)(C)N(C(=O)C(Cc2cn(C(=O)OC(C)(C)C)c3ccccc23)NC(=O)OCC2c3ccccc3-c3ccccc32)C1C(=O)O. The Kier molecular flexibility index (Phi) is 8.74. The minimum absolute atomic E-state index is 0.0197. The van der Waals surface area contributed by atoms with Crippen LogP contribution in [0.3, 0.4) is 0 Å². The molecule has 2 aliphatic rings. The summed E-state index contributed by atoms with van der Waals surface area (Å²) < 4.78 is 18.7. The molecule has 6 rings (SSSR count). The summed E-state index contributed by atoms with van der Waals surface area (Å²) in [6, 6.07) is 20.5. The molecule has 1 aliphatic carbocycles. The molecule has 0 saturated carbocycles. The van der Waals surface area contributed by atoms with Crippen molar-refractivity contribution >= 4 is 35.0 Å². The van der Waals surface area contributed by atoms with Crippen molar-refractivity contribution in [1.29, 1.82) is 0 Å². The molecule has 2 N–H and O–H groups in total. The highest BCUT2D eigenvalue weighted by Crippen LogP contribution is 2.44. The van der Waals surface area contributed by atoms with E-state index in [-0.39, 0.29) is 18.9 Å². The van der Waals surface area contributed by atoms with Gasteiger partial charge in [-0.25, -0.2) is 14.4 Å². The number of carboxylic acids is 1. The van der Waals surface area contributed by atoms with E-state index in [0.717, 1.165) is 22.3 Å². The Hall–Kier alpha value is -5.16. The first kappa shape index (κ1) is 33.7.